The molecule has 128 valence electrons. The topological polar surface area (TPSA) is 74.2 Å². The van der Waals surface area contributed by atoms with E-state index in [0.717, 1.165) is 38.4 Å². The number of nitrogens with zero attached hydrogens (tertiary/aromatic N) is 2. The molecule has 1 aliphatic rings. The summed E-state index contributed by atoms with van der Waals surface area (Å²) in [5.41, 5.74) is -0.731. The predicted octanol–water partition coefficient (Wildman–Crippen LogP) is 1.39. The lowest BCUT2D eigenvalue weighted by atomic mass is 9.97. The summed E-state index contributed by atoms with van der Waals surface area (Å²) >= 11 is 0. The minimum Gasteiger partial charge on any atom is -0.469 e. The van der Waals surface area contributed by atoms with E-state index in [1.54, 1.807) is 0 Å². The Hall–Kier alpha value is -1.30. The van der Waals surface area contributed by atoms with Crippen LogP contribution >= 0.6 is 0 Å². The van der Waals surface area contributed by atoms with E-state index in [4.69, 9.17) is 4.74 Å². The van der Waals surface area contributed by atoms with Gasteiger partial charge in [-0.25, -0.2) is 0 Å². The quantitative estimate of drug-likeness (QED) is 0.440. The maximum absolute atomic E-state index is 11.6. The Morgan fingerprint density at radius 1 is 1.32 bits per heavy atom. The molecule has 0 aliphatic carbocycles. The second kappa shape index (κ2) is 8.98. The van der Waals surface area contributed by atoms with Gasteiger partial charge in [-0.1, -0.05) is 13.8 Å². The molecule has 1 aliphatic heterocycles. The van der Waals surface area contributed by atoms with Gasteiger partial charge in [-0.05, 0) is 32.6 Å². The van der Waals surface area contributed by atoms with Crippen molar-refractivity contribution in [1.29, 1.82) is 0 Å². The number of carbonyl (C=O) groups excluding carboxylic acids is 1. The van der Waals surface area contributed by atoms with Crippen molar-refractivity contribution < 1.29 is 14.6 Å². The maximum atomic E-state index is 11.6. The molecule has 6 heteroatoms. The molecular weight excluding hydrogens is 282 g/mol. The Bertz CT molecular complexity index is 373. The molecule has 0 aromatic rings. The number of aliphatic hydroxyl groups is 1. The molecule has 1 rings (SSSR count). The number of carbonyl (C=O) groups is 1. The monoisotopic (exact) mass is 313 g/mol. The summed E-state index contributed by atoms with van der Waals surface area (Å²) in [6.07, 6.45) is 2.94. The highest BCUT2D eigenvalue weighted by Crippen LogP contribution is 2.19. The highest BCUT2D eigenvalue weighted by atomic mass is 16.5. The molecular formula is C16H31N3O3. The Morgan fingerprint density at radius 3 is 2.36 bits per heavy atom. The van der Waals surface area contributed by atoms with E-state index in [2.05, 4.69) is 15.2 Å². The van der Waals surface area contributed by atoms with Crippen molar-refractivity contribution in [2.45, 2.75) is 52.1 Å². The third kappa shape index (κ3) is 5.16. The van der Waals surface area contributed by atoms with Crippen LogP contribution in [0.1, 0.15) is 46.5 Å². The average Bonchev–Trinajstić information content (AvgIpc) is 2.57. The van der Waals surface area contributed by atoms with Crippen molar-refractivity contribution >= 4 is 11.9 Å². The van der Waals surface area contributed by atoms with Crippen LogP contribution in [0.25, 0.3) is 0 Å². The summed E-state index contributed by atoms with van der Waals surface area (Å²) in [5.74, 6) is 0.700. The number of rotatable bonds is 6. The van der Waals surface area contributed by atoms with Crippen LogP contribution in [0.3, 0.4) is 0 Å². The molecule has 2 N–H and O–H groups in total. The third-order valence-electron chi connectivity index (χ3n) is 4.50. The van der Waals surface area contributed by atoms with Gasteiger partial charge >= 0.3 is 5.97 Å². The van der Waals surface area contributed by atoms with Gasteiger partial charge in [0.25, 0.3) is 0 Å². The number of likely N-dealkylation sites (tertiary alicyclic amines) is 1. The van der Waals surface area contributed by atoms with E-state index in [0.29, 0.717) is 19.4 Å². The van der Waals surface area contributed by atoms with Crippen molar-refractivity contribution in [1.82, 2.24) is 10.2 Å². The van der Waals surface area contributed by atoms with Crippen LogP contribution in [-0.2, 0) is 9.53 Å². The minimum absolute atomic E-state index is 0.00709. The molecule has 0 spiro atoms. The molecule has 0 unspecified atom stereocenters. The molecule has 0 aromatic carbocycles. The second-order valence-electron chi connectivity index (χ2n) is 5.89. The lowest BCUT2D eigenvalue weighted by Crippen LogP contribution is -2.47. The van der Waals surface area contributed by atoms with E-state index >= 15 is 0 Å². The number of piperidine rings is 1. The molecule has 1 fully saturated rings. The fourth-order valence-corrected chi connectivity index (χ4v) is 2.62. The fraction of sp³-hybridized carbons (Fsp3) is 0.875. The maximum Gasteiger partial charge on any atom is 0.308 e. The van der Waals surface area contributed by atoms with Crippen molar-refractivity contribution in [3.8, 4) is 0 Å². The van der Waals surface area contributed by atoms with Crippen molar-refractivity contribution in [3.05, 3.63) is 0 Å². The number of hydrogen-bond donors (Lipinski definition) is 2. The summed E-state index contributed by atoms with van der Waals surface area (Å²) in [4.78, 5) is 18.4. The standard InChI is InChI=1S/C16H31N3O3/c1-5-16(21,6-2)12-18-15(17-7-3)19-10-8-13(9-11-19)14(20)22-4/h13,21H,5-12H2,1-4H3,(H,17,18). The zero-order valence-corrected chi connectivity index (χ0v) is 14.4. The van der Waals surface area contributed by atoms with Gasteiger partial charge in [-0.3, -0.25) is 9.79 Å². The van der Waals surface area contributed by atoms with Crippen LogP contribution in [0.2, 0.25) is 0 Å². The van der Waals surface area contributed by atoms with Gasteiger partial charge in [0.05, 0.1) is 25.2 Å². The SMILES string of the molecule is CCNC(=NCC(O)(CC)CC)N1CCC(C(=O)OC)CC1. The molecule has 22 heavy (non-hydrogen) atoms. The molecule has 1 saturated heterocycles. The Morgan fingerprint density at radius 2 is 1.91 bits per heavy atom. The van der Waals surface area contributed by atoms with E-state index in [9.17, 15) is 9.90 Å². The van der Waals surface area contributed by atoms with Crippen LogP contribution in [0, 0.1) is 5.92 Å². The summed E-state index contributed by atoms with van der Waals surface area (Å²) < 4.78 is 4.82. The van der Waals surface area contributed by atoms with E-state index in [-0.39, 0.29) is 11.9 Å². The number of ether oxygens (including phenoxy) is 1. The van der Waals surface area contributed by atoms with Crippen molar-refractivity contribution in [3.63, 3.8) is 0 Å². The molecule has 0 radical (unpaired) electrons. The Kier molecular flexibility index (Phi) is 7.65. The number of aliphatic imine (C=N–C) groups is 1. The van der Waals surface area contributed by atoms with Gasteiger partial charge in [0.2, 0.25) is 0 Å². The summed E-state index contributed by atoms with van der Waals surface area (Å²) in [6, 6.07) is 0. The summed E-state index contributed by atoms with van der Waals surface area (Å²) in [6.45, 7) is 8.74. The van der Waals surface area contributed by atoms with Gasteiger partial charge in [-0.15, -0.1) is 0 Å². The molecule has 0 saturated carbocycles. The molecule has 6 nitrogen and oxygen atoms in total. The summed E-state index contributed by atoms with van der Waals surface area (Å²) in [7, 11) is 1.44. The van der Waals surface area contributed by atoms with Crippen LogP contribution in [0.5, 0.6) is 0 Å². The van der Waals surface area contributed by atoms with Gasteiger partial charge in [0.1, 0.15) is 0 Å². The van der Waals surface area contributed by atoms with E-state index in [1.165, 1.54) is 7.11 Å². The highest BCUT2D eigenvalue weighted by Gasteiger charge is 2.28. The molecule has 0 aromatic heterocycles. The zero-order chi connectivity index (χ0) is 16.6. The van der Waals surface area contributed by atoms with Gasteiger partial charge in [-0.2, -0.15) is 0 Å². The largest absolute Gasteiger partial charge is 0.469 e. The smallest absolute Gasteiger partial charge is 0.308 e. The van der Waals surface area contributed by atoms with Crippen molar-refractivity contribution in [2.75, 3.05) is 33.3 Å². The summed E-state index contributed by atoms with van der Waals surface area (Å²) in [5, 5.41) is 13.7. The number of esters is 1. The zero-order valence-electron chi connectivity index (χ0n) is 14.4. The Balaban J connectivity index is 2.66. The Labute approximate surface area is 133 Å². The number of methoxy groups -OCH3 is 1. The number of hydrogen-bond acceptors (Lipinski definition) is 4. The molecule has 0 bridgehead atoms. The lowest BCUT2D eigenvalue weighted by Gasteiger charge is -2.34. The van der Waals surface area contributed by atoms with Gasteiger partial charge in [0.15, 0.2) is 5.96 Å². The molecule has 0 amide bonds. The predicted molar refractivity (Wildman–Crippen MR) is 87.8 cm³/mol. The first-order chi connectivity index (χ1) is 10.5. The lowest BCUT2D eigenvalue weighted by molar-refractivity contribution is -0.146. The number of guanidine groups is 1. The van der Waals surface area contributed by atoms with Crippen LogP contribution < -0.4 is 5.32 Å². The van der Waals surface area contributed by atoms with E-state index < -0.39 is 5.60 Å². The van der Waals surface area contributed by atoms with Gasteiger partial charge < -0.3 is 20.1 Å². The first kappa shape index (κ1) is 18.7. The number of nitrogens with one attached hydrogen (secondary N) is 1. The fourth-order valence-electron chi connectivity index (χ4n) is 2.62. The first-order valence-electron chi connectivity index (χ1n) is 8.33. The van der Waals surface area contributed by atoms with Gasteiger partial charge in [0, 0.05) is 19.6 Å². The van der Waals surface area contributed by atoms with Crippen LogP contribution in [0.15, 0.2) is 4.99 Å². The van der Waals surface area contributed by atoms with Crippen LogP contribution in [0.4, 0.5) is 0 Å². The second-order valence-corrected chi connectivity index (χ2v) is 5.89. The molecule has 0 atom stereocenters. The molecule has 1 heterocycles. The van der Waals surface area contributed by atoms with Crippen LogP contribution in [-0.4, -0.2) is 60.8 Å². The highest BCUT2D eigenvalue weighted by molar-refractivity contribution is 5.80. The van der Waals surface area contributed by atoms with Crippen molar-refractivity contribution in [2.24, 2.45) is 10.9 Å². The minimum atomic E-state index is -0.731. The normalized spacial score (nSPS) is 17.5. The first-order valence-corrected chi connectivity index (χ1v) is 8.33. The van der Waals surface area contributed by atoms with E-state index in [1.807, 2.05) is 20.8 Å². The third-order valence-corrected chi connectivity index (χ3v) is 4.50. The average molecular weight is 313 g/mol.